The number of carbonyl (C=O) groups excluding carboxylic acids is 4. The van der Waals surface area contributed by atoms with Crippen molar-refractivity contribution in [2.24, 2.45) is 0 Å². The van der Waals surface area contributed by atoms with E-state index in [0.29, 0.717) is 35.5 Å². The zero-order valence-corrected chi connectivity index (χ0v) is 21.7. The van der Waals surface area contributed by atoms with Crippen molar-refractivity contribution in [2.75, 3.05) is 18.9 Å². The van der Waals surface area contributed by atoms with Crippen molar-refractivity contribution in [3.8, 4) is 0 Å². The van der Waals surface area contributed by atoms with Crippen LogP contribution in [0.15, 0.2) is 53.1 Å². The van der Waals surface area contributed by atoms with Crippen LogP contribution < -0.4 is 10.6 Å². The summed E-state index contributed by atoms with van der Waals surface area (Å²) in [6.07, 6.45) is 0.779. The maximum absolute atomic E-state index is 13.6. The first-order chi connectivity index (χ1) is 18.1. The maximum Gasteiger partial charge on any atom is 0.324 e. The quantitative estimate of drug-likeness (QED) is 0.486. The number of aromatic nitrogens is 1. The number of amides is 5. The van der Waals surface area contributed by atoms with Crippen molar-refractivity contribution in [1.29, 1.82) is 0 Å². The normalized spacial score (nSPS) is 18.9. The Morgan fingerprint density at radius 3 is 2.47 bits per heavy atom. The molecule has 3 aromatic rings. The van der Waals surface area contributed by atoms with E-state index < -0.39 is 17.6 Å². The summed E-state index contributed by atoms with van der Waals surface area (Å²) in [6, 6.07) is 14.1. The number of carbonyl (C=O) groups is 4. The lowest BCUT2D eigenvalue weighted by Crippen LogP contribution is -2.48. The molecule has 0 radical (unpaired) electrons. The molecule has 38 heavy (non-hydrogen) atoms. The average Bonchev–Trinajstić information content (AvgIpc) is 3.51. The van der Waals surface area contributed by atoms with Crippen LogP contribution >= 0.6 is 0 Å². The van der Waals surface area contributed by atoms with E-state index in [1.54, 1.807) is 27.0 Å². The Bertz CT molecular complexity index is 1430. The number of nitrogens with zero attached hydrogens (tertiary/aromatic N) is 3. The Balaban J connectivity index is 1.36. The van der Waals surface area contributed by atoms with Gasteiger partial charge < -0.3 is 19.6 Å². The number of anilines is 1. The third-order valence-electron chi connectivity index (χ3n) is 7.62. The number of imide groups is 1. The maximum atomic E-state index is 13.6. The number of hydrogen-bond acceptors (Lipinski definition) is 6. The fourth-order valence-corrected chi connectivity index (χ4v) is 5.36. The molecule has 1 fully saturated rings. The molecule has 0 unspecified atom stereocenters. The Morgan fingerprint density at radius 1 is 1.13 bits per heavy atom. The van der Waals surface area contributed by atoms with Crippen LogP contribution in [0.3, 0.4) is 0 Å². The molecule has 10 nitrogen and oxygen atoms in total. The Labute approximate surface area is 220 Å². The van der Waals surface area contributed by atoms with Gasteiger partial charge in [0.25, 0.3) is 11.8 Å². The monoisotopic (exact) mass is 515 g/mol. The van der Waals surface area contributed by atoms with Gasteiger partial charge in [-0.15, -0.1) is 0 Å². The van der Waals surface area contributed by atoms with Gasteiger partial charge in [0.2, 0.25) is 5.91 Å². The largest absolute Gasteiger partial charge is 0.361 e. The number of urea groups is 1. The van der Waals surface area contributed by atoms with Crippen LogP contribution in [0.25, 0.3) is 0 Å². The molecule has 196 valence electrons. The molecule has 0 bridgehead atoms. The van der Waals surface area contributed by atoms with Crippen LogP contribution in [0.4, 0.5) is 10.5 Å². The molecular weight excluding hydrogens is 486 g/mol. The Kier molecular flexibility index (Phi) is 6.26. The van der Waals surface area contributed by atoms with E-state index in [4.69, 9.17) is 4.52 Å². The molecule has 1 aromatic heterocycles. The van der Waals surface area contributed by atoms with Gasteiger partial charge in [-0.3, -0.25) is 19.7 Å². The highest BCUT2D eigenvalue weighted by atomic mass is 16.5. The summed E-state index contributed by atoms with van der Waals surface area (Å²) in [5.74, 6) is -0.629. The topological polar surface area (TPSA) is 125 Å². The highest BCUT2D eigenvalue weighted by Crippen LogP contribution is 2.38. The van der Waals surface area contributed by atoms with Crippen LogP contribution in [-0.2, 0) is 22.4 Å². The third-order valence-corrected chi connectivity index (χ3v) is 7.62. The van der Waals surface area contributed by atoms with E-state index in [-0.39, 0.29) is 24.3 Å². The van der Waals surface area contributed by atoms with Gasteiger partial charge in [-0.2, -0.15) is 0 Å². The zero-order chi connectivity index (χ0) is 27.2. The molecule has 2 heterocycles. The van der Waals surface area contributed by atoms with Crippen molar-refractivity contribution >= 4 is 29.4 Å². The van der Waals surface area contributed by atoms with Gasteiger partial charge in [0.15, 0.2) is 0 Å². The van der Waals surface area contributed by atoms with Crippen molar-refractivity contribution in [1.82, 2.24) is 20.3 Å². The molecule has 1 spiro atoms. The average molecular weight is 516 g/mol. The van der Waals surface area contributed by atoms with Gasteiger partial charge in [-0.25, -0.2) is 4.79 Å². The fourth-order valence-electron chi connectivity index (χ4n) is 5.36. The van der Waals surface area contributed by atoms with E-state index in [9.17, 15) is 19.2 Å². The van der Waals surface area contributed by atoms with Crippen LogP contribution in [0.2, 0.25) is 0 Å². The van der Waals surface area contributed by atoms with Crippen molar-refractivity contribution < 1.29 is 23.7 Å². The molecule has 1 aliphatic carbocycles. The summed E-state index contributed by atoms with van der Waals surface area (Å²) in [5.41, 5.74) is 3.15. The molecule has 0 saturated carbocycles. The van der Waals surface area contributed by atoms with E-state index >= 15 is 0 Å². The number of aryl methyl sites for hydroxylation is 2. The second-order valence-corrected chi connectivity index (χ2v) is 9.95. The Morgan fingerprint density at radius 2 is 1.84 bits per heavy atom. The summed E-state index contributed by atoms with van der Waals surface area (Å²) in [6.45, 7) is 5.05. The predicted octanol–water partition coefficient (Wildman–Crippen LogP) is 3.15. The van der Waals surface area contributed by atoms with Gasteiger partial charge in [0, 0.05) is 25.6 Å². The molecule has 1 aliphatic heterocycles. The molecule has 5 rings (SSSR count). The minimum Gasteiger partial charge on any atom is -0.361 e. The first kappa shape index (κ1) is 25.2. The lowest BCUT2D eigenvalue weighted by Gasteiger charge is -2.29. The summed E-state index contributed by atoms with van der Waals surface area (Å²) < 4.78 is 5.21. The minimum absolute atomic E-state index is 0.195. The van der Waals surface area contributed by atoms with E-state index in [0.717, 1.165) is 16.7 Å². The van der Waals surface area contributed by atoms with Gasteiger partial charge >= 0.3 is 6.03 Å². The van der Waals surface area contributed by atoms with E-state index in [1.165, 1.54) is 9.80 Å². The minimum atomic E-state index is -0.940. The van der Waals surface area contributed by atoms with E-state index in [1.807, 2.05) is 49.4 Å². The number of benzene rings is 2. The van der Waals surface area contributed by atoms with Crippen molar-refractivity contribution in [3.63, 3.8) is 0 Å². The van der Waals surface area contributed by atoms with Crippen molar-refractivity contribution in [3.05, 3.63) is 82.2 Å². The van der Waals surface area contributed by atoms with Gasteiger partial charge in [-0.1, -0.05) is 41.6 Å². The molecule has 1 saturated heterocycles. The van der Waals surface area contributed by atoms with Gasteiger partial charge in [0.05, 0.1) is 11.7 Å². The highest BCUT2D eigenvalue weighted by Gasteiger charge is 2.54. The summed E-state index contributed by atoms with van der Waals surface area (Å²) >= 11 is 0. The molecular formula is C28H29N5O5. The number of hydrogen-bond donors (Lipinski definition) is 2. The van der Waals surface area contributed by atoms with Crippen LogP contribution in [0.5, 0.6) is 0 Å². The molecule has 5 amide bonds. The smallest absolute Gasteiger partial charge is 0.324 e. The van der Waals surface area contributed by atoms with Crippen LogP contribution in [-0.4, -0.2) is 57.8 Å². The van der Waals surface area contributed by atoms with Crippen LogP contribution in [0.1, 0.15) is 51.5 Å². The molecule has 2 N–H and O–H groups in total. The van der Waals surface area contributed by atoms with Crippen LogP contribution in [0, 0.1) is 13.8 Å². The third kappa shape index (κ3) is 4.21. The SMILES string of the molecule is Cc1noc(C)c1C(=O)N(CC(=O)Nc1ccc2c(c1)C[C@@]1(C2)C(=O)NC(=O)N1C)[C@H](C)c1ccccc1. The number of fused-ring (bicyclic) bond motifs is 1. The molecule has 10 heteroatoms. The summed E-state index contributed by atoms with van der Waals surface area (Å²) in [4.78, 5) is 54.4. The van der Waals surface area contributed by atoms with Crippen molar-refractivity contribution in [2.45, 2.75) is 45.2 Å². The predicted molar refractivity (Wildman–Crippen MR) is 138 cm³/mol. The lowest BCUT2D eigenvalue weighted by atomic mass is 9.95. The lowest BCUT2D eigenvalue weighted by molar-refractivity contribution is -0.125. The summed E-state index contributed by atoms with van der Waals surface area (Å²) in [5, 5.41) is 9.18. The second-order valence-electron chi connectivity index (χ2n) is 9.95. The standard InChI is InChI=1S/C28H29N5O5/c1-16-24(18(3)38-31-16)25(35)33(17(2)19-8-6-5-7-9-19)15-23(34)29-22-11-10-20-13-28(14-21(20)12-22)26(36)30-27(37)32(28)4/h5-12,17H,13-15H2,1-4H3,(H,29,34)(H,30,36,37)/t17-,28+/m1/s1. The Hall–Kier alpha value is -4.47. The number of nitrogens with one attached hydrogen (secondary N) is 2. The highest BCUT2D eigenvalue weighted by molar-refractivity contribution is 6.08. The molecule has 2 atom stereocenters. The first-order valence-electron chi connectivity index (χ1n) is 12.4. The first-order valence-corrected chi connectivity index (χ1v) is 12.4. The summed E-state index contributed by atoms with van der Waals surface area (Å²) in [7, 11) is 1.62. The fraction of sp³-hybridized carbons (Fsp3) is 0.321. The zero-order valence-electron chi connectivity index (χ0n) is 21.7. The second kappa shape index (κ2) is 9.44. The number of likely N-dealkylation sites (N-methyl/N-ethyl adjacent to an activating group) is 1. The van der Waals surface area contributed by atoms with E-state index in [2.05, 4.69) is 15.8 Å². The number of rotatable bonds is 6. The molecule has 2 aromatic carbocycles. The molecule has 2 aliphatic rings. The van der Waals surface area contributed by atoms with Gasteiger partial charge in [-0.05, 0) is 49.6 Å². The van der Waals surface area contributed by atoms with Gasteiger partial charge in [0.1, 0.15) is 23.4 Å².